The van der Waals surface area contributed by atoms with Gasteiger partial charge in [-0.1, -0.05) is 42.8 Å². The van der Waals surface area contributed by atoms with Gasteiger partial charge in [-0.25, -0.2) is 0 Å². The monoisotopic (exact) mass is 219 g/mol. The molecule has 1 atom stereocenters. The minimum atomic E-state index is 0.384. The molecule has 0 aliphatic heterocycles. The SMILES string of the molecule is CC(CN)c1cccc2cc(Cl)ccc12. The van der Waals surface area contributed by atoms with E-state index in [4.69, 9.17) is 17.3 Å². The average Bonchev–Trinajstić information content (AvgIpc) is 2.26. The summed E-state index contributed by atoms with van der Waals surface area (Å²) in [6.45, 7) is 2.81. The van der Waals surface area contributed by atoms with E-state index in [1.807, 2.05) is 12.1 Å². The quantitative estimate of drug-likeness (QED) is 0.821. The van der Waals surface area contributed by atoms with E-state index >= 15 is 0 Å². The van der Waals surface area contributed by atoms with Crippen molar-refractivity contribution in [2.75, 3.05) is 6.54 Å². The van der Waals surface area contributed by atoms with Gasteiger partial charge in [0.15, 0.2) is 0 Å². The molecule has 0 spiro atoms. The Morgan fingerprint density at radius 3 is 2.80 bits per heavy atom. The molecule has 0 fully saturated rings. The molecule has 2 heteroatoms. The predicted molar refractivity (Wildman–Crippen MR) is 66.4 cm³/mol. The van der Waals surface area contributed by atoms with Crippen LogP contribution in [0.1, 0.15) is 18.4 Å². The van der Waals surface area contributed by atoms with Gasteiger partial charge >= 0.3 is 0 Å². The van der Waals surface area contributed by atoms with Gasteiger partial charge in [0.2, 0.25) is 0 Å². The Kier molecular flexibility index (Phi) is 2.94. The van der Waals surface area contributed by atoms with Gasteiger partial charge in [0, 0.05) is 5.02 Å². The van der Waals surface area contributed by atoms with Gasteiger partial charge in [-0.05, 0) is 40.9 Å². The Morgan fingerprint density at radius 2 is 2.07 bits per heavy atom. The molecule has 1 nitrogen and oxygen atoms in total. The first-order valence-corrected chi connectivity index (χ1v) is 5.48. The lowest BCUT2D eigenvalue weighted by Gasteiger charge is -2.12. The van der Waals surface area contributed by atoms with Crippen LogP contribution in [0, 0.1) is 0 Å². The summed E-state index contributed by atoms with van der Waals surface area (Å²) in [7, 11) is 0. The lowest BCUT2D eigenvalue weighted by molar-refractivity contribution is 0.781. The molecule has 2 rings (SSSR count). The van der Waals surface area contributed by atoms with Crippen molar-refractivity contribution in [3.63, 3.8) is 0 Å². The summed E-state index contributed by atoms with van der Waals surface area (Å²) in [5.41, 5.74) is 7.00. The van der Waals surface area contributed by atoms with Gasteiger partial charge in [0.05, 0.1) is 0 Å². The number of rotatable bonds is 2. The molecule has 0 aliphatic carbocycles. The number of halogens is 1. The Balaban J connectivity index is 2.66. The van der Waals surface area contributed by atoms with Crippen molar-refractivity contribution in [3.8, 4) is 0 Å². The lowest BCUT2D eigenvalue weighted by Crippen LogP contribution is -2.09. The minimum absolute atomic E-state index is 0.384. The van der Waals surface area contributed by atoms with Gasteiger partial charge in [-0.3, -0.25) is 0 Å². The van der Waals surface area contributed by atoms with E-state index in [1.54, 1.807) is 0 Å². The summed E-state index contributed by atoms with van der Waals surface area (Å²) >= 11 is 5.96. The highest BCUT2D eigenvalue weighted by Gasteiger charge is 2.07. The second-order valence-corrected chi connectivity index (χ2v) is 4.29. The van der Waals surface area contributed by atoms with Crippen LogP contribution >= 0.6 is 11.6 Å². The molecule has 1 unspecified atom stereocenters. The van der Waals surface area contributed by atoms with Crippen molar-refractivity contribution in [1.82, 2.24) is 0 Å². The van der Waals surface area contributed by atoms with Crippen LogP contribution in [0.15, 0.2) is 36.4 Å². The molecule has 15 heavy (non-hydrogen) atoms. The minimum Gasteiger partial charge on any atom is -0.330 e. The van der Waals surface area contributed by atoms with E-state index in [0.29, 0.717) is 12.5 Å². The largest absolute Gasteiger partial charge is 0.330 e. The highest BCUT2D eigenvalue weighted by Crippen LogP contribution is 2.27. The maximum absolute atomic E-state index is 5.96. The average molecular weight is 220 g/mol. The predicted octanol–water partition coefficient (Wildman–Crippen LogP) is 3.56. The highest BCUT2D eigenvalue weighted by atomic mass is 35.5. The molecule has 0 aromatic heterocycles. The zero-order chi connectivity index (χ0) is 10.8. The molecular weight excluding hydrogens is 206 g/mol. The Labute approximate surface area is 94.9 Å². The fourth-order valence-electron chi connectivity index (χ4n) is 1.84. The Hall–Kier alpha value is -1.05. The number of hydrogen-bond donors (Lipinski definition) is 1. The molecule has 0 radical (unpaired) electrons. The van der Waals surface area contributed by atoms with E-state index in [-0.39, 0.29) is 0 Å². The number of hydrogen-bond acceptors (Lipinski definition) is 1. The van der Waals surface area contributed by atoms with E-state index in [2.05, 4.69) is 31.2 Å². The summed E-state index contributed by atoms with van der Waals surface area (Å²) in [5, 5.41) is 3.21. The van der Waals surface area contributed by atoms with Gasteiger partial charge < -0.3 is 5.73 Å². The van der Waals surface area contributed by atoms with Crippen LogP contribution in [0.2, 0.25) is 5.02 Å². The zero-order valence-corrected chi connectivity index (χ0v) is 9.46. The summed E-state index contributed by atoms with van der Waals surface area (Å²) in [4.78, 5) is 0. The first kappa shape index (κ1) is 10.5. The third kappa shape index (κ3) is 1.99. The van der Waals surface area contributed by atoms with Crippen LogP contribution in [0.25, 0.3) is 10.8 Å². The van der Waals surface area contributed by atoms with E-state index in [0.717, 1.165) is 5.02 Å². The summed E-state index contributed by atoms with van der Waals surface area (Å²) in [6, 6.07) is 12.3. The molecule has 78 valence electrons. The van der Waals surface area contributed by atoms with Crippen molar-refractivity contribution >= 4 is 22.4 Å². The maximum atomic E-state index is 5.96. The van der Waals surface area contributed by atoms with Crippen LogP contribution in [0.4, 0.5) is 0 Å². The van der Waals surface area contributed by atoms with Gasteiger partial charge in [0.1, 0.15) is 0 Å². The first-order chi connectivity index (χ1) is 7.22. The molecule has 0 bridgehead atoms. The van der Waals surface area contributed by atoms with E-state index in [1.165, 1.54) is 16.3 Å². The lowest BCUT2D eigenvalue weighted by atomic mass is 9.95. The molecule has 2 aromatic carbocycles. The molecule has 0 amide bonds. The number of fused-ring (bicyclic) bond motifs is 1. The highest BCUT2D eigenvalue weighted by molar-refractivity contribution is 6.31. The Bertz CT molecular complexity index is 479. The van der Waals surface area contributed by atoms with Crippen molar-refractivity contribution in [2.45, 2.75) is 12.8 Å². The maximum Gasteiger partial charge on any atom is 0.0412 e. The fourth-order valence-corrected chi connectivity index (χ4v) is 2.02. The Morgan fingerprint density at radius 1 is 1.27 bits per heavy atom. The topological polar surface area (TPSA) is 26.0 Å². The van der Waals surface area contributed by atoms with Crippen molar-refractivity contribution in [2.24, 2.45) is 5.73 Å². The van der Waals surface area contributed by atoms with E-state index < -0.39 is 0 Å². The van der Waals surface area contributed by atoms with Crippen molar-refractivity contribution < 1.29 is 0 Å². The zero-order valence-electron chi connectivity index (χ0n) is 8.70. The normalized spacial score (nSPS) is 13.0. The van der Waals surface area contributed by atoms with Crippen LogP contribution in [-0.2, 0) is 0 Å². The summed E-state index contributed by atoms with van der Waals surface area (Å²) < 4.78 is 0. The van der Waals surface area contributed by atoms with Crippen molar-refractivity contribution in [1.29, 1.82) is 0 Å². The molecule has 0 aliphatic rings. The van der Waals surface area contributed by atoms with Crippen LogP contribution < -0.4 is 5.73 Å². The van der Waals surface area contributed by atoms with Crippen LogP contribution in [0.3, 0.4) is 0 Å². The van der Waals surface area contributed by atoms with Crippen LogP contribution in [0.5, 0.6) is 0 Å². The second kappa shape index (κ2) is 4.21. The smallest absolute Gasteiger partial charge is 0.0412 e. The molecule has 0 saturated carbocycles. The summed E-state index contributed by atoms with van der Waals surface area (Å²) in [5.74, 6) is 0.384. The van der Waals surface area contributed by atoms with Crippen LogP contribution in [-0.4, -0.2) is 6.54 Å². The molecule has 2 aromatic rings. The second-order valence-electron chi connectivity index (χ2n) is 3.85. The van der Waals surface area contributed by atoms with Gasteiger partial charge in [0.25, 0.3) is 0 Å². The number of nitrogens with two attached hydrogens (primary N) is 1. The summed E-state index contributed by atoms with van der Waals surface area (Å²) in [6.07, 6.45) is 0. The van der Waals surface area contributed by atoms with Gasteiger partial charge in [-0.2, -0.15) is 0 Å². The fraction of sp³-hybridized carbons (Fsp3) is 0.231. The first-order valence-electron chi connectivity index (χ1n) is 5.10. The van der Waals surface area contributed by atoms with Gasteiger partial charge in [-0.15, -0.1) is 0 Å². The number of benzene rings is 2. The van der Waals surface area contributed by atoms with Crippen molar-refractivity contribution in [3.05, 3.63) is 47.0 Å². The standard InChI is InChI=1S/C13H14ClN/c1-9(8-15)12-4-2-3-10-7-11(14)5-6-13(10)12/h2-7,9H,8,15H2,1H3. The van der Waals surface area contributed by atoms with E-state index in [9.17, 15) is 0 Å². The third-order valence-electron chi connectivity index (χ3n) is 2.76. The third-order valence-corrected chi connectivity index (χ3v) is 3.00. The molecular formula is C13H14ClN. The molecule has 2 N–H and O–H groups in total. The molecule has 0 saturated heterocycles. The molecule has 0 heterocycles.